The third-order valence-corrected chi connectivity index (χ3v) is 3.98. The lowest BCUT2D eigenvalue weighted by Crippen LogP contribution is -2.38. The summed E-state index contributed by atoms with van der Waals surface area (Å²) in [6, 6.07) is -0.825. The van der Waals surface area contributed by atoms with Gasteiger partial charge in [-0.25, -0.2) is 0 Å². The summed E-state index contributed by atoms with van der Waals surface area (Å²) in [4.78, 5) is 22.1. The molecule has 0 aliphatic heterocycles. The van der Waals surface area contributed by atoms with E-state index >= 15 is 0 Å². The maximum absolute atomic E-state index is 11.5. The van der Waals surface area contributed by atoms with Crippen LogP contribution in [0.15, 0.2) is 48.6 Å². The molecule has 1 atom stereocenters. The monoisotopic (exact) mass is 375 g/mol. The van der Waals surface area contributed by atoms with E-state index in [0.717, 1.165) is 32.1 Å². The molecule has 2 N–H and O–H groups in total. The van der Waals surface area contributed by atoms with Gasteiger partial charge in [-0.15, -0.1) is 0 Å². The zero-order chi connectivity index (χ0) is 20.2. The van der Waals surface area contributed by atoms with Gasteiger partial charge in [-0.1, -0.05) is 68.4 Å². The summed E-state index contributed by atoms with van der Waals surface area (Å²) in [7, 11) is 0. The Hall–Kier alpha value is -2.10. The first-order valence-corrected chi connectivity index (χ1v) is 10.2. The van der Waals surface area contributed by atoms with Crippen molar-refractivity contribution in [2.75, 3.05) is 0 Å². The van der Waals surface area contributed by atoms with Crippen LogP contribution in [-0.2, 0) is 9.59 Å². The van der Waals surface area contributed by atoms with Crippen LogP contribution in [0.25, 0.3) is 0 Å². The smallest absolute Gasteiger partial charge is 0.325 e. The van der Waals surface area contributed by atoms with Crippen molar-refractivity contribution in [3.05, 3.63) is 48.6 Å². The number of allylic oxidation sites excluding steroid dienone is 8. The Labute approximate surface area is 165 Å². The quantitative estimate of drug-likeness (QED) is 0.268. The molecule has 0 saturated carbocycles. The molecule has 0 aliphatic rings. The zero-order valence-corrected chi connectivity index (χ0v) is 17.0. The Morgan fingerprint density at radius 3 is 1.78 bits per heavy atom. The van der Waals surface area contributed by atoms with Gasteiger partial charge in [-0.05, 0) is 51.9 Å². The lowest BCUT2D eigenvalue weighted by atomic mass is 10.2. The van der Waals surface area contributed by atoms with Gasteiger partial charge in [-0.2, -0.15) is 0 Å². The van der Waals surface area contributed by atoms with Crippen LogP contribution in [0.5, 0.6) is 0 Å². The standard InChI is InChI=1S/C23H37NO3/c1-3-4-5-6-7-8-9-10-11-12-13-14-15-16-17-18-19-20-22(25)24-21(2)23(26)27/h7-8,10-11,13-14,16-17,21H,3-6,9,12,15,18-20H2,1-2H3,(H,24,25)(H,26,27)/b8-7-,11-10-,14-13-,17-16-/t21-/m0/s1. The van der Waals surface area contributed by atoms with Crippen LogP contribution in [0.4, 0.5) is 0 Å². The summed E-state index contributed by atoms with van der Waals surface area (Å²) in [6.07, 6.45) is 27.2. The fourth-order valence-corrected chi connectivity index (χ4v) is 2.32. The summed E-state index contributed by atoms with van der Waals surface area (Å²) >= 11 is 0. The minimum Gasteiger partial charge on any atom is -0.480 e. The van der Waals surface area contributed by atoms with E-state index in [4.69, 9.17) is 5.11 Å². The number of rotatable bonds is 16. The molecule has 4 nitrogen and oxygen atoms in total. The first-order chi connectivity index (χ1) is 13.1. The number of hydrogen-bond donors (Lipinski definition) is 2. The van der Waals surface area contributed by atoms with Crippen LogP contribution in [0, 0.1) is 0 Å². The minimum absolute atomic E-state index is 0.208. The highest BCUT2D eigenvalue weighted by Crippen LogP contribution is 2.01. The Morgan fingerprint density at radius 2 is 1.30 bits per heavy atom. The van der Waals surface area contributed by atoms with Crippen LogP contribution in [0.3, 0.4) is 0 Å². The zero-order valence-electron chi connectivity index (χ0n) is 17.0. The van der Waals surface area contributed by atoms with Crippen molar-refractivity contribution in [1.82, 2.24) is 5.32 Å². The molecule has 0 radical (unpaired) electrons. The van der Waals surface area contributed by atoms with E-state index in [9.17, 15) is 9.59 Å². The van der Waals surface area contributed by atoms with Crippen molar-refractivity contribution in [2.24, 2.45) is 0 Å². The molecule has 0 fully saturated rings. The molecule has 27 heavy (non-hydrogen) atoms. The Bertz CT molecular complexity index is 504. The number of amides is 1. The van der Waals surface area contributed by atoms with Gasteiger partial charge in [0.2, 0.25) is 5.91 Å². The van der Waals surface area contributed by atoms with Crippen molar-refractivity contribution < 1.29 is 14.7 Å². The fourth-order valence-electron chi connectivity index (χ4n) is 2.32. The Morgan fingerprint density at radius 1 is 0.815 bits per heavy atom. The highest BCUT2D eigenvalue weighted by atomic mass is 16.4. The first kappa shape index (κ1) is 24.9. The lowest BCUT2D eigenvalue weighted by molar-refractivity contribution is -0.141. The third-order valence-electron chi connectivity index (χ3n) is 3.98. The molecule has 152 valence electrons. The molecule has 0 aromatic rings. The van der Waals surface area contributed by atoms with E-state index in [0.29, 0.717) is 6.42 Å². The molecule has 4 heteroatoms. The minimum atomic E-state index is -1.01. The molecular weight excluding hydrogens is 338 g/mol. The first-order valence-electron chi connectivity index (χ1n) is 10.2. The van der Waals surface area contributed by atoms with E-state index in [1.165, 1.54) is 32.6 Å². The summed E-state index contributed by atoms with van der Waals surface area (Å²) < 4.78 is 0. The third kappa shape index (κ3) is 18.5. The van der Waals surface area contributed by atoms with Gasteiger partial charge in [0.05, 0.1) is 0 Å². The highest BCUT2D eigenvalue weighted by Gasteiger charge is 2.12. The molecule has 0 aromatic heterocycles. The number of unbranched alkanes of at least 4 members (excludes halogenated alkanes) is 4. The second-order valence-corrected chi connectivity index (χ2v) is 6.61. The average molecular weight is 376 g/mol. The van der Waals surface area contributed by atoms with Crippen LogP contribution < -0.4 is 5.32 Å². The maximum Gasteiger partial charge on any atom is 0.325 e. The lowest BCUT2D eigenvalue weighted by Gasteiger charge is -2.08. The van der Waals surface area contributed by atoms with Crippen molar-refractivity contribution in [2.45, 2.75) is 84.1 Å². The van der Waals surface area contributed by atoms with Gasteiger partial charge in [0.1, 0.15) is 6.04 Å². The molecule has 0 spiro atoms. The molecule has 1 amide bonds. The number of carboxylic acids is 1. The number of carbonyl (C=O) groups is 2. The van der Waals surface area contributed by atoms with Gasteiger partial charge >= 0.3 is 5.97 Å². The van der Waals surface area contributed by atoms with E-state index in [2.05, 4.69) is 60.8 Å². The summed E-state index contributed by atoms with van der Waals surface area (Å²) in [5.41, 5.74) is 0. The molecule has 0 aromatic carbocycles. The molecule has 0 bridgehead atoms. The highest BCUT2D eigenvalue weighted by molar-refractivity contribution is 5.83. The Balaban J connectivity index is 3.56. The average Bonchev–Trinajstić information content (AvgIpc) is 2.64. The summed E-state index contributed by atoms with van der Waals surface area (Å²) in [5, 5.41) is 11.2. The number of nitrogens with one attached hydrogen (secondary N) is 1. The van der Waals surface area contributed by atoms with Gasteiger partial charge in [-0.3, -0.25) is 9.59 Å². The van der Waals surface area contributed by atoms with E-state index in [1.54, 1.807) is 0 Å². The second-order valence-electron chi connectivity index (χ2n) is 6.61. The normalized spacial score (nSPS) is 13.3. The number of carbonyl (C=O) groups excluding carboxylic acids is 1. The van der Waals surface area contributed by atoms with Crippen molar-refractivity contribution in [3.8, 4) is 0 Å². The van der Waals surface area contributed by atoms with Gasteiger partial charge in [0, 0.05) is 6.42 Å². The molecule has 0 heterocycles. The SMILES string of the molecule is CCCCC/C=C\C/C=C\C/C=C\C/C=C\CCCC(=O)N[C@@H](C)C(=O)O. The van der Waals surface area contributed by atoms with Crippen LogP contribution in [0.1, 0.15) is 78.1 Å². The predicted octanol–water partition coefficient (Wildman–Crippen LogP) is 5.72. The van der Waals surface area contributed by atoms with Crippen molar-refractivity contribution in [1.29, 1.82) is 0 Å². The molecule has 0 aliphatic carbocycles. The number of aliphatic carboxylic acids is 1. The topological polar surface area (TPSA) is 66.4 Å². The van der Waals surface area contributed by atoms with Gasteiger partial charge in [0.15, 0.2) is 0 Å². The fraction of sp³-hybridized carbons (Fsp3) is 0.565. The molecule has 0 rings (SSSR count). The summed E-state index contributed by atoms with van der Waals surface area (Å²) in [5.74, 6) is -1.22. The predicted molar refractivity (Wildman–Crippen MR) is 114 cm³/mol. The van der Waals surface area contributed by atoms with Gasteiger partial charge in [0.25, 0.3) is 0 Å². The van der Waals surface area contributed by atoms with Crippen molar-refractivity contribution in [3.63, 3.8) is 0 Å². The van der Waals surface area contributed by atoms with Crippen LogP contribution in [0.2, 0.25) is 0 Å². The van der Waals surface area contributed by atoms with Crippen LogP contribution >= 0.6 is 0 Å². The summed E-state index contributed by atoms with van der Waals surface area (Å²) in [6.45, 7) is 3.69. The van der Waals surface area contributed by atoms with Crippen LogP contribution in [-0.4, -0.2) is 23.0 Å². The number of hydrogen-bond acceptors (Lipinski definition) is 2. The van der Waals surface area contributed by atoms with Crippen molar-refractivity contribution >= 4 is 11.9 Å². The van der Waals surface area contributed by atoms with E-state index < -0.39 is 12.0 Å². The molecule has 0 unspecified atom stereocenters. The van der Waals surface area contributed by atoms with E-state index in [-0.39, 0.29) is 5.91 Å². The maximum atomic E-state index is 11.5. The number of carboxylic acid groups (broad SMARTS) is 1. The molecular formula is C23H37NO3. The second kappa shape index (κ2) is 18.7. The molecule has 0 saturated heterocycles. The Kier molecular flexibility index (Phi) is 17.2. The largest absolute Gasteiger partial charge is 0.480 e. The van der Waals surface area contributed by atoms with E-state index in [1.807, 2.05) is 0 Å². The van der Waals surface area contributed by atoms with Gasteiger partial charge < -0.3 is 10.4 Å².